The second-order valence-corrected chi connectivity index (χ2v) is 4.71. The molecule has 1 unspecified atom stereocenters. The van der Waals surface area contributed by atoms with Gasteiger partial charge in [-0.05, 0) is 25.2 Å². The Kier molecular flexibility index (Phi) is 6.12. The first-order valence-corrected chi connectivity index (χ1v) is 6.65. The third-order valence-electron chi connectivity index (χ3n) is 3.26. The number of nitrogens with zero attached hydrogens (tertiary/aromatic N) is 3. The highest BCUT2D eigenvalue weighted by atomic mass is 15.4. The molecule has 0 bridgehead atoms. The van der Waals surface area contributed by atoms with E-state index in [9.17, 15) is 0 Å². The second kappa shape index (κ2) is 7.42. The monoisotopic (exact) mass is 223 g/mol. The van der Waals surface area contributed by atoms with Gasteiger partial charge in [0.2, 0.25) is 0 Å². The van der Waals surface area contributed by atoms with Crippen molar-refractivity contribution in [1.29, 1.82) is 0 Å². The van der Waals surface area contributed by atoms with Crippen molar-refractivity contribution in [2.45, 2.75) is 65.8 Å². The molecule has 0 spiro atoms. The van der Waals surface area contributed by atoms with Crippen molar-refractivity contribution in [2.24, 2.45) is 5.92 Å². The lowest BCUT2D eigenvalue weighted by atomic mass is 10.0. The smallest absolute Gasteiger partial charge is 0.0725 e. The van der Waals surface area contributed by atoms with Crippen LogP contribution in [-0.2, 0) is 13.0 Å². The Bertz CT molecular complexity index is 280. The van der Waals surface area contributed by atoms with E-state index in [0.29, 0.717) is 0 Å². The van der Waals surface area contributed by atoms with Gasteiger partial charge in [-0.3, -0.25) is 0 Å². The Morgan fingerprint density at radius 3 is 2.81 bits per heavy atom. The second-order valence-electron chi connectivity index (χ2n) is 4.71. The van der Waals surface area contributed by atoms with Gasteiger partial charge in [0.15, 0.2) is 0 Å². The standard InChI is InChI=1S/C13H25N3/c1-4-6-7-10-16-13(11-14-15-16)9-8-12(3)5-2/h11-12H,4-10H2,1-3H3. The Morgan fingerprint density at radius 1 is 1.31 bits per heavy atom. The lowest BCUT2D eigenvalue weighted by Gasteiger charge is -2.09. The Morgan fingerprint density at radius 2 is 2.12 bits per heavy atom. The number of aryl methyl sites for hydroxylation is 2. The number of aromatic nitrogens is 3. The molecule has 0 saturated carbocycles. The summed E-state index contributed by atoms with van der Waals surface area (Å²) in [6.45, 7) is 7.82. The predicted octanol–water partition coefficient (Wildman–Crippen LogP) is 3.45. The summed E-state index contributed by atoms with van der Waals surface area (Å²) in [7, 11) is 0. The molecular formula is C13H25N3. The first kappa shape index (κ1) is 13.2. The summed E-state index contributed by atoms with van der Waals surface area (Å²) in [5, 5.41) is 8.18. The molecular weight excluding hydrogens is 198 g/mol. The fourth-order valence-corrected chi connectivity index (χ4v) is 1.77. The van der Waals surface area contributed by atoms with Crippen LogP contribution in [-0.4, -0.2) is 15.0 Å². The molecule has 0 aliphatic rings. The molecule has 0 radical (unpaired) electrons. The lowest BCUT2D eigenvalue weighted by molar-refractivity contribution is 0.480. The molecule has 1 aromatic rings. The van der Waals surface area contributed by atoms with E-state index in [1.165, 1.54) is 37.8 Å². The normalized spacial score (nSPS) is 12.9. The minimum Gasteiger partial charge on any atom is -0.249 e. The maximum Gasteiger partial charge on any atom is 0.0725 e. The van der Waals surface area contributed by atoms with Crippen LogP contribution < -0.4 is 0 Å². The topological polar surface area (TPSA) is 30.7 Å². The molecule has 3 heteroatoms. The largest absolute Gasteiger partial charge is 0.249 e. The summed E-state index contributed by atoms with van der Waals surface area (Å²) in [4.78, 5) is 0. The van der Waals surface area contributed by atoms with Crippen molar-refractivity contribution in [2.75, 3.05) is 0 Å². The maximum absolute atomic E-state index is 4.16. The Labute approximate surface area is 99.2 Å². The highest BCUT2D eigenvalue weighted by Gasteiger charge is 2.05. The van der Waals surface area contributed by atoms with Crippen molar-refractivity contribution in [3.8, 4) is 0 Å². The van der Waals surface area contributed by atoms with E-state index < -0.39 is 0 Å². The third kappa shape index (κ3) is 4.33. The third-order valence-corrected chi connectivity index (χ3v) is 3.26. The van der Waals surface area contributed by atoms with Gasteiger partial charge in [-0.1, -0.05) is 45.2 Å². The zero-order valence-corrected chi connectivity index (χ0v) is 10.9. The molecule has 0 aromatic carbocycles. The van der Waals surface area contributed by atoms with Crippen LogP contribution in [0.25, 0.3) is 0 Å². The van der Waals surface area contributed by atoms with Gasteiger partial charge in [-0.25, -0.2) is 4.68 Å². The summed E-state index contributed by atoms with van der Waals surface area (Å²) in [5.41, 5.74) is 1.30. The van der Waals surface area contributed by atoms with Crippen LogP contribution in [0.15, 0.2) is 6.20 Å². The summed E-state index contributed by atoms with van der Waals surface area (Å²) in [6, 6.07) is 0. The minimum absolute atomic E-state index is 0.805. The fraction of sp³-hybridized carbons (Fsp3) is 0.846. The van der Waals surface area contributed by atoms with E-state index in [1.807, 2.05) is 6.20 Å². The van der Waals surface area contributed by atoms with Crippen molar-refractivity contribution < 1.29 is 0 Å². The molecule has 1 rings (SSSR count). The number of rotatable bonds is 8. The number of hydrogen-bond acceptors (Lipinski definition) is 2. The van der Waals surface area contributed by atoms with Crippen molar-refractivity contribution in [3.05, 3.63) is 11.9 Å². The fourth-order valence-electron chi connectivity index (χ4n) is 1.77. The van der Waals surface area contributed by atoms with Crippen LogP contribution in [0.2, 0.25) is 0 Å². The molecule has 0 N–H and O–H groups in total. The summed E-state index contributed by atoms with van der Waals surface area (Å²) in [5.74, 6) is 0.805. The summed E-state index contributed by atoms with van der Waals surface area (Å²) in [6.07, 6.45) is 9.31. The first-order valence-electron chi connectivity index (χ1n) is 6.65. The van der Waals surface area contributed by atoms with E-state index in [4.69, 9.17) is 0 Å². The average Bonchev–Trinajstić information content (AvgIpc) is 2.74. The zero-order chi connectivity index (χ0) is 11.8. The molecule has 3 nitrogen and oxygen atoms in total. The quantitative estimate of drug-likeness (QED) is 0.632. The van der Waals surface area contributed by atoms with Gasteiger partial charge in [0, 0.05) is 6.54 Å². The van der Waals surface area contributed by atoms with Gasteiger partial charge in [0.05, 0.1) is 11.9 Å². The van der Waals surface area contributed by atoms with Crippen LogP contribution in [0.3, 0.4) is 0 Å². The zero-order valence-electron chi connectivity index (χ0n) is 10.9. The molecule has 1 heterocycles. The molecule has 1 aromatic heterocycles. The molecule has 0 aliphatic carbocycles. The summed E-state index contributed by atoms with van der Waals surface area (Å²) >= 11 is 0. The lowest BCUT2D eigenvalue weighted by Crippen LogP contribution is -2.07. The van der Waals surface area contributed by atoms with Gasteiger partial charge >= 0.3 is 0 Å². The van der Waals surface area contributed by atoms with E-state index in [-0.39, 0.29) is 0 Å². The number of hydrogen-bond donors (Lipinski definition) is 0. The van der Waals surface area contributed by atoms with Gasteiger partial charge in [0.1, 0.15) is 0 Å². The molecule has 92 valence electrons. The van der Waals surface area contributed by atoms with E-state index in [1.54, 1.807) is 0 Å². The highest BCUT2D eigenvalue weighted by Crippen LogP contribution is 2.12. The highest BCUT2D eigenvalue weighted by molar-refractivity contribution is 4.94. The number of unbranched alkanes of at least 4 members (excludes halogenated alkanes) is 2. The SMILES string of the molecule is CCCCCn1nncc1CCC(C)CC. The van der Waals surface area contributed by atoms with Crippen molar-refractivity contribution in [1.82, 2.24) is 15.0 Å². The molecule has 16 heavy (non-hydrogen) atoms. The van der Waals surface area contributed by atoms with Gasteiger partial charge in [-0.15, -0.1) is 5.10 Å². The van der Waals surface area contributed by atoms with E-state index in [0.717, 1.165) is 18.9 Å². The van der Waals surface area contributed by atoms with Crippen molar-refractivity contribution in [3.63, 3.8) is 0 Å². The average molecular weight is 223 g/mol. The van der Waals surface area contributed by atoms with Crippen LogP contribution >= 0.6 is 0 Å². The Hall–Kier alpha value is -0.860. The maximum atomic E-state index is 4.16. The van der Waals surface area contributed by atoms with Crippen LogP contribution in [0.1, 0.15) is 58.6 Å². The molecule has 1 atom stereocenters. The molecule has 0 aliphatic heterocycles. The van der Waals surface area contributed by atoms with Crippen LogP contribution in [0.5, 0.6) is 0 Å². The molecule has 0 saturated heterocycles. The van der Waals surface area contributed by atoms with Crippen LogP contribution in [0, 0.1) is 5.92 Å². The van der Waals surface area contributed by atoms with Crippen molar-refractivity contribution >= 4 is 0 Å². The van der Waals surface area contributed by atoms with Gasteiger partial charge in [-0.2, -0.15) is 0 Å². The minimum atomic E-state index is 0.805. The molecule has 0 fully saturated rings. The Balaban J connectivity index is 2.37. The van der Waals surface area contributed by atoms with Gasteiger partial charge < -0.3 is 0 Å². The predicted molar refractivity (Wildman–Crippen MR) is 67.3 cm³/mol. The van der Waals surface area contributed by atoms with E-state index >= 15 is 0 Å². The summed E-state index contributed by atoms with van der Waals surface area (Å²) < 4.78 is 2.08. The van der Waals surface area contributed by atoms with Crippen LogP contribution in [0.4, 0.5) is 0 Å². The van der Waals surface area contributed by atoms with E-state index in [2.05, 4.69) is 35.8 Å². The first-order chi connectivity index (χ1) is 7.77. The van der Waals surface area contributed by atoms with Gasteiger partial charge in [0.25, 0.3) is 0 Å². The molecule has 0 amide bonds.